The lowest BCUT2D eigenvalue weighted by atomic mass is 10.1. The first-order valence-corrected chi connectivity index (χ1v) is 7.63. The van der Waals surface area contributed by atoms with Crippen LogP contribution in [0.15, 0.2) is 60.9 Å². The van der Waals surface area contributed by atoms with E-state index < -0.39 is 0 Å². The zero-order valence-electron chi connectivity index (χ0n) is 12.7. The molecular weight excluding hydrogens is 310 g/mol. The molecule has 0 saturated carbocycles. The third kappa shape index (κ3) is 3.99. The topological polar surface area (TPSA) is 46.9 Å². The van der Waals surface area contributed by atoms with Crippen molar-refractivity contribution in [2.45, 2.75) is 13.5 Å². The molecule has 1 amide bonds. The highest BCUT2D eigenvalue weighted by molar-refractivity contribution is 6.30. The lowest BCUT2D eigenvalue weighted by molar-refractivity contribution is 0.102. The van der Waals surface area contributed by atoms with Gasteiger partial charge in [-0.15, -0.1) is 0 Å². The van der Waals surface area contributed by atoms with E-state index in [1.165, 1.54) is 5.56 Å². The van der Waals surface area contributed by atoms with Crippen molar-refractivity contribution in [3.8, 4) is 0 Å². The van der Waals surface area contributed by atoms with Gasteiger partial charge in [-0.1, -0.05) is 41.4 Å². The predicted octanol–water partition coefficient (Wildman–Crippen LogP) is 4.15. The summed E-state index contributed by atoms with van der Waals surface area (Å²) in [6.07, 6.45) is 3.45. The number of amides is 1. The Hall–Kier alpha value is -2.59. The number of anilines is 1. The molecule has 0 spiro atoms. The number of aryl methyl sites for hydroxylation is 1. The highest BCUT2D eigenvalue weighted by Crippen LogP contribution is 2.13. The molecule has 0 bridgehead atoms. The highest BCUT2D eigenvalue weighted by Gasteiger charge is 2.07. The number of hydrogen-bond acceptors (Lipinski definition) is 2. The Morgan fingerprint density at radius 3 is 2.52 bits per heavy atom. The monoisotopic (exact) mass is 325 g/mol. The molecule has 0 radical (unpaired) electrons. The van der Waals surface area contributed by atoms with E-state index in [9.17, 15) is 4.79 Å². The van der Waals surface area contributed by atoms with Gasteiger partial charge < -0.3 is 5.32 Å². The maximum Gasteiger partial charge on any atom is 0.255 e. The molecule has 0 saturated heterocycles. The summed E-state index contributed by atoms with van der Waals surface area (Å²) in [4.78, 5) is 12.1. The van der Waals surface area contributed by atoms with Crippen LogP contribution in [0.5, 0.6) is 0 Å². The van der Waals surface area contributed by atoms with Crippen LogP contribution in [0.4, 0.5) is 5.69 Å². The fourth-order valence-electron chi connectivity index (χ4n) is 2.20. The number of nitrogens with one attached hydrogen (secondary N) is 1. The number of benzene rings is 2. The number of hydrogen-bond donors (Lipinski definition) is 1. The van der Waals surface area contributed by atoms with Crippen LogP contribution >= 0.6 is 11.6 Å². The maximum atomic E-state index is 12.1. The number of carbonyl (C=O) groups is 1. The van der Waals surface area contributed by atoms with E-state index in [0.29, 0.717) is 22.8 Å². The van der Waals surface area contributed by atoms with Crippen LogP contribution in [-0.4, -0.2) is 15.7 Å². The van der Waals surface area contributed by atoms with Gasteiger partial charge >= 0.3 is 0 Å². The van der Waals surface area contributed by atoms with Gasteiger partial charge in [-0.3, -0.25) is 9.48 Å². The number of rotatable bonds is 4. The first kappa shape index (κ1) is 15.3. The lowest BCUT2D eigenvalue weighted by Gasteiger charge is -2.03. The van der Waals surface area contributed by atoms with E-state index in [4.69, 9.17) is 11.6 Å². The van der Waals surface area contributed by atoms with E-state index in [1.807, 2.05) is 6.20 Å². The molecule has 1 N–H and O–H groups in total. The third-order valence-corrected chi connectivity index (χ3v) is 3.71. The summed E-state index contributed by atoms with van der Waals surface area (Å²) in [5.41, 5.74) is 3.61. The van der Waals surface area contributed by atoms with E-state index in [1.54, 1.807) is 35.1 Å². The first-order chi connectivity index (χ1) is 11.1. The van der Waals surface area contributed by atoms with Crippen LogP contribution in [0.1, 0.15) is 21.5 Å². The van der Waals surface area contributed by atoms with Gasteiger partial charge in [-0.2, -0.15) is 5.10 Å². The normalized spacial score (nSPS) is 10.5. The molecule has 0 fully saturated rings. The molecule has 2 aromatic carbocycles. The highest BCUT2D eigenvalue weighted by atomic mass is 35.5. The summed E-state index contributed by atoms with van der Waals surface area (Å²) in [7, 11) is 0. The van der Waals surface area contributed by atoms with Gasteiger partial charge in [-0.05, 0) is 36.8 Å². The van der Waals surface area contributed by atoms with Crippen molar-refractivity contribution in [1.29, 1.82) is 0 Å². The Morgan fingerprint density at radius 2 is 1.83 bits per heavy atom. The van der Waals surface area contributed by atoms with Crippen molar-refractivity contribution in [1.82, 2.24) is 9.78 Å². The van der Waals surface area contributed by atoms with E-state index in [2.05, 4.69) is 41.6 Å². The van der Waals surface area contributed by atoms with E-state index >= 15 is 0 Å². The Balaban J connectivity index is 1.66. The average molecular weight is 326 g/mol. The standard InChI is InChI=1S/C18H16ClN3O/c1-13-2-4-14(5-3-13)11-22-12-17(10-20-22)21-18(23)15-6-8-16(19)9-7-15/h2-10,12H,11H2,1H3,(H,21,23). The molecule has 0 aliphatic carbocycles. The molecule has 0 unspecified atom stereocenters. The van der Waals surface area contributed by atoms with Crippen LogP contribution in [0.2, 0.25) is 5.02 Å². The summed E-state index contributed by atoms with van der Waals surface area (Å²) < 4.78 is 1.79. The number of carbonyl (C=O) groups excluding carboxylic acids is 1. The van der Waals surface area contributed by atoms with Gasteiger partial charge in [0.1, 0.15) is 0 Å². The zero-order chi connectivity index (χ0) is 16.2. The van der Waals surface area contributed by atoms with Crippen LogP contribution in [0.3, 0.4) is 0 Å². The van der Waals surface area contributed by atoms with Gasteiger partial charge in [0.25, 0.3) is 5.91 Å². The minimum absolute atomic E-state index is 0.184. The van der Waals surface area contributed by atoms with Crippen molar-refractivity contribution in [3.05, 3.63) is 82.6 Å². The lowest BCUT2D eigenvalue weighted by Crippen LogP contribution is -2.11. The third-order valence-electron chi connectivity index (χ3n) is 3.46. The number of halogens is 1. The molecule has 23 heavy (non-hydrogen) atoms. The van der Waals surface area contributed by atoms with Crippen molar-refractivity contribution >= 4 is 23.2 Å². The van der Waals surface area contributed by atoms with Crippen LogP contribution in [0.25, 0.3) is 0 Å². The molecule has 116 valence electrons. The minimum atomic E-state index is -0.184. The quantitative estimate of drug-likeness (QED) is 0.783. The molecule has 0 atom stereocenters. The van der Waals surface area contributed by atoms with Gasteiger partial charge in [0.15, 0.2) is 0 Å². The summed E-state index contributed by atoms with van der Waals surface area (Å²) in [6, 6.07) is 15.0. The first-order valence-electron chi connectivity index (χ1n) is 7.25. The van der Waals surface area contributed by atoms with Gasteiger partial charge in [-0.25, -0.2) is 0 Å². The van der Waals surface area contributed by atoms with Crippen molar-refractivity contribution in [2.75, 3.05) is 5.32 Å². The molecule has 4 nitrogen and oxygen atoms in total. The molecule has 3 aromatic rings. The minimum Gasteiger partial charge on any atom is -0.319 e. The fourth-order valence-corrected chi connectivity index (χ4v) is 2.33. The van der Waals surface area contributed by atoms with Crippen molar-refractivity contribution in [2.24, 2.45) is 0 Å². The molecule has 0 aliphatic rings. The second-order valence-corrected chi connectivity index (χ2v) is 5.81. The van der Waals surface area contributed by atoms with Gasteiger partial charge in [0, 0.05) is 16.8 Å². The largest absolute Gasteiger partial charge is 0.319 e. The number of aromatic nitrogens is 2. The molecule has 3 rings (SSSR count). The Bertz CT molecular complexity index is 807. The Kier molecular flexibility index (Phi) is 4.44. The summed E-state index contributed by atoms with van der Waals surface area (Å²) >= 11 is 5.82. The summed E-state index contributed by atoms with van der Waals surface area (Å²) in [5.74, 6) is -0.184. The molecule has 1 heterocycles. The SMILES string of the molecule is Cc1ccc(Cn2cc(NC(=O)c3ccc(Cl)cc3)cn2)cc1. The summed E-state index contributed by atoms with van der Waals surface area (Å²) in [6.45, 7) is 2.72. The Labute approximate surface area is 139 Å². The smallest absolute Gasteiger partial charge is 0.255 e. The fraction of sp³-hybridized carbons (Fsp3) is 0.111. The van der Waals surface area contributed by atoms with E-state index in [0.717, 1.165) is 5.56 Å². The summed E-state index contributed by atoms with van der Waals surface area (Å²) in [5, 5.41) is 7.71. The molecule has 1 aromatic heterocycles. The van der Waals surface area contributed by atoms with Crippen molar-refractivity contribution < 1.29 is 4.79 Å². The zero-order valence-corrected chi connectivity index (χ0v) is 13.4. The predicted molar refractivity (Wildman–Crippen MR) is 91.9 cm³/mol. The van der Waals surface area contributed by atoms with Crippen LogP contribution < -0.4 is 5.32 Å². The molecule has 0 aliphatic heterocycles. The van der Waals surface area contributed by atoms with Crippen molar-refractivity contribution in [3.63, 3.8) is 0 Å². The van der Waals surface area contributed by atoms with Crippen LogP contribution in [-0.2, 0) is 6.54 Å². The molecule has 5 heteroatoms. The Morgan fingerprint density at radius 1 is 1.13 bits per heavy atom. The maximum absolute atomic E-state index is 12.1. The van der Waals surface area contributed by atoms with E-state index in [-0.39, 0.29) is 5.91 Å². The van der Waals surface area contributed by atoms with Crippen LogP contribution in [0, 0.1) is 6.92 Å². The van der Waals surface area contributed by atoms with Gasteiger partial charge in [0.2, 0.25) is 0 Å². The second-order valence-electron chi connectivity index (χ2n) is 5.37. The number of nitrogens with zero attached hydrogens (tertiary/aromatic N) is 2. The van der Waals surface area contributed by atoms with Gasteiger partial charge in [0.05, 0.1) is 18.4 Å². The average Bonchev–Trinajstić information content (AvgIpc) is 2.97. The molecular formula is C18H16ClN3O. The second kappa shape index (κ2) is 6.67.